The summed E-state index contributed by atoms with van der Waals surface area (Å²) in [5, 5.41) is 20.9. The molecule has 0 bridgehead atoms. The molecule has 0 unspecified atom stereocenters. The predicted molar refractivity (Wildman–Crippen MR) is 70.7 cm³/mol. The van der Waals surface area contributed by atoms with Gasteiger partial charge in [-0.3, -0.25) is 10.1 Å². The molecule has 0 heterocycles. The molecule has 0 aliphatic carbocycles. The summed E-state index contributed by atoms with van der Waals surface area (Å²) in [7, 11) is 1.46. The lowest BCUT2D eigenvalue weighted by Crippen LogP contribution is -2.34. The number of nitrogens with zero attached hydrogens (tertiary/aromatic N) is 1. The number of rotatable bonds is 7. The number of nitro benzene ring substituents is 1. The molecule has 0 spiro atoms. The molecule has 0 amide bonds. The quantitative estimate of drug-likeness (QED) is 0.607. The highest BCUT2D eigenvalue weighted by Crippen LogP contribution is 2.32. The fourth-order valence-corrected chi connectivity index (χ4v) is 1.56. The maximum atomic E-state index is 10.7. The van der Waals surface area contributed by atoms with E-state index in [4.69, 9.17) is 9.47 Å². The van der Waals surface area contributed by atoms with Crippen molar-refractivity contribution in [3.8, 4) is 11.5 Å². The van der Waals surface area contributed by atoms with Crippen molar-refractivity contribution in [2.24, 2.45) is 0 Å². The normalized spacial score (nSPS) is 11.2. The zero-order valence-electron chi connectivity index (χ0n) is 11.4. The van der Waals surface area contributed by atoms with E-state index >= 15 is 0 Å². The molecule has 6 nitrogen and oxygen atoms in total. The second-order valence-electron chi connectivity index (χ2n) is 4.31. The van der Waals surface area contributed by atoms with E-state index in [0.717, 1.165) is 0 Å². The van der Waals surface area contributed by atoms with E-state index in [1.807, 2.05) is 13.8 Å². The minimum Gasteiger partial charge on any atom is -0.493 e. The summed E-state index contributed by atoms with van der Waals surface area (Å²) < 4.78 is 10.6. The van der Waals surface area contributed by atoms with E-state index < -0.39 is 10.5 Å². The zero-order chi connectivity index (χ0) is 14.5. The lowest BCUT2D eigenvalue weighted by molar-refractivity contribution is -0.385. The SMILES string of the molecule is CCC(O)(CC)COc1cc([N+](=O)[O-])ccc1OC. The number of ether oxygens (including phenoxy) is 2. The fraction of sp³-hybridized carbons (Fsp3) is 0.538. The molecule has 19 heavy (non-hydrogen) atoms. The molecule has 6 heteroatoms. The Kier molecular flexibility index (Phi) is 5.11. The first-order chi connectivity index (χ1) is 8.95. The van der Waals surface area contributed by atoms with E-state index in [9.17, 15) is 15.2 Å². The number of methoxy groups -OCH3 is 1. The zero-order valence-corrected chi connectivity index (χ0v) is 11.4. The molecule has 1 N–H and O–H groups in total. The van der Waals surface area contributed by atoms with Crippen molar-refractivity contribution in [1.82, 2.24) is 0 Å². The van der Waals surface area contributed by atoms with Gasteiger partial charge in [-0.1, -0.05) is 13.8 Å². The highest BCUT2D eigenvalue weighted by molar-refractivity contribution is 5.48. The third-order valence-corrected chi connectivity index (χ3v) is 3.17. The Labute approximate surface area is 112 Å². The molecular formula is C13H19NO5. The monoisotopic (exact) mass is 269 g/mol. The minimum atomic E-state index is -0.935. The molecule has 0 saturated heterocycles. The number of hydrogen-bond acceptors (Lipinski definition) is 5. The summed E-state index contributed by atoms with van der Waals surface area (Å²) >= 11 is 0. The molecule has 0 aromatic heterocycles. The van der Waals surface area contributed by atoms with Gasteiger partial charge in [0.25, 0.3) is 5.69 Å². The van der Waals surface area contributed by atoms with Gasteiger partial charge < -0.3 is 14.6 Å². The number of benzene rings is 1. The minimum absolute atomic E-state index is 0.0670. The van der Waals surface area contributed by atoms with Crippen LogP contribution in [0.2, 0.25) is 0 Å². The molecular weight excluding hydrogens is 250 g/mol. The first kappa shape index (κ1) is 15.2. The topological polar surface area (TPSA) is 81.8 Å². The van der Waals surface area contributed by atoms with E-state index in [-0.39, 0.29) is 18.0 Å². The summed E-state index contributed by atoms with van der Waals surface area (Å²) in [6.07, 6.45) is 1.08. The van der Waals surface area contributed by atoms with Gasteiger partial charge in [0, 0.05) is 6.07 Å². The van der Waals surface area contributed by atoms with Crippen LogP contribution in [0.3, 0.4) is 0 Å². The molecule has 0 atom stereocenters. The highest BCUT2D eigenvalue weighted by atomic mass is 16.6. The third kappa shape index (κ3) is 3.82. The van der Waals surface area contributed by atoms with Gasteiger partial charge in [-0.05, 0) is 18.9 Å². The van der Waals surface area contributed by atoms with Crippen molar-refractivity contribution in [3.63, 3.8) is 0 Å². The Morgan fingerprint density at radius 1 is 1.32 bits per heavy atom. The maximum Gasteiger partial charge on any atom is 0.273 e. The summed E-state index contributed by atoms with van der Waals surface area (Å²) in [6.45, 7) is 3.78. The molecule has 0 fully saturated rings. The van der Waals surface area contributed by atoms with Gasteiger partial charge in [-0.25, -0.2) is 0 Å². The number of non-ortho nitro benzene ring substituents is 1. The highest BCUT2D eigenvalue weighted by Gasteiger charge is 2.24. The number of hydrogen-bond donors (Lipinski definition) is 1. The average molecular weight is 269 g/mol. The van der Waals surface area contributed by atoms with Crippen LogP contribution in [0.4, 0.5) is 5.69 Å². The Bertz CT molecular complexity index is 443. The molecule has 1 aromatic carbocycles. The second kappa shape index (κ2) is 6.38. The van der Waals surface area contributed by atoms with Gasteiger partial charge in [-0.2, -0.15) is 0 Å². The van der Waals surface area contributed by atoms with E-state index in [1.165, 1.54) is 25.3 Å². The summed E-state index contributed by atoms with van der Waals surface area (Å²) in [6, 6.07) is 4.12. The van der Waals surface area contributed by atoms with Gasteiger partial charge >= 0.3 is 0 Å². The van der Waals surface area contributed by atoms with Crippen LogP contribution in [-0.4, -0.2) is 29.3 Å². The molecule has 1 aromatic rings. The Morgan fingerprint density at radius 3 is 2.42 bits per heavy atom. The van der Waals surface area contributed by atoms with Crippen LogP contribution in [0.5, 0.6) is 11.5 Å². The second-order valence-corrected chi connectivity index (χ2v) is 4.31. The van der Waals surface area contributed by atoms with E-state index in [0.29, 0.717) is 18.6 Å². The van der Waals surface area contributed by atoms with Gasteiger partial charge in [0.15, 0.2) is 11.5 Å². The van der Waals surface area contributed by atoms with Crippen molar-refractivity contribution < 1.29 is 19.5 Å². The molecule has 106 valence electrons. The molecule has 0 aliphatic rings. The van der Waals surface area contributed by atoms with Crippen molar-refractivity contribution >= 4 is 5.69 Å². The molecule has 0 radical (unpaired) electrons. The smallest absolute Gasteiger partial charge is 0.273 e. The van der Waals surface area contributed by atoms with Gasteiger partial charge in [0.2, 0.25) is 0 Å². The van der Waals surface area contributed by atoms with Gasteiger partial charge in [0.05, 0.1) is 23.7 Å². The van der Waals surface area contributed by atoms with Crippen LogP contribution >= 0.6 is 0 Å². The Morgan fingerprint density at radius 2 is 1.95 bits per heavy atom. The fourth-order valence-electron chi connectivity index (χ4n) is 1.56. The average Bonchev–Trinajstić information content (AvgIpc) is 2.44. The van der Waals surface area contributed by atoms with Crippen molar-refractivity contribution in [2.75, 3.05) is 13.7 Å². The first-order valence-electron chi connectivity index (χ1n) is 6.13. The molecule has 1 rings (SSSR count). The maximum absolute atomic E-state index is 10.7. The van der Waals surface area contributed by atoms with E-state index in [1.54, 1.807) is 0 Å². The van der Waals surface area contributed by atoms with Crippen LogP contribution in [0.15, 0.2) is 18.2 Å². The number of nitro groups is 1. The summed E-state index contributed by atoms with van der Waals surface area (Å²) in [5.41, 5.74) is -1.01. The number of aliphatic hydroxyl groups is 1. The largest absolute Gasteiger partial charge is 0.493 e. The lowest BCUT2D eigenvalue weighted by atomic mass is 9.99. The Hall–Kier alpha value is -1.82. The van der Waals surface area contributed by atoms with Crippen LogP contribution in [-0.2, 0) is 0 Å². The first-order valence-corrected chi connectivity index (χ1v) is 6.13. The van der Waals surface area contributed by atoms with E-state index in [2.05, 4.69) is 0 Å². The summed E-state index contributed by atoms with van der Waals surface area (Å²) in [5.74, 6) is 0.664. The van der Waals surface area contributed by atoms with Gasteiger partial charge in [-0.15, -0.1) is 0 Å². The standard InChI is InChI=1S/C13H19NO5/c1-4-13(15,5-2)9-19-12-8-10(14(16)17)6-7-11(12)18-3/h6-8,15H,4-5,9H2,1-3H3. The van der Waals surface area contributed by atoms with Crippen molar-refractivity contribution in [3.05, 3.63) is 28.3 Å². The van der Waals surface area contributed by atoms with Gasteiger partial charge in [0.1, 0.15) is 6.61 Å². The van der Waals surface area contributed by atoms with Crippen LogP contribution < -0.4 is 9.47 Å². The molecule has 0 aliphatic heterocycles. The Balaban J connectivity index is 2.92. The van der Waals surface area contributed by atoms with Crippen molar-refractivity contribution in [2.45, 2.75) is 32.3 Å². The van der Waals surface area contributed by atoms with Crippen LogP contribution in [0.1, 0.15) is 26.7 Å². The van der Waals surface area contributed by atoms with Crippen LogP contribution in [0.25, 0.3) is 0 Å². The predicted octanol–water partition coefficient (Wildman–Crippen LogP) is 2.53. The lowest BCUT2D eigenvalue weighted by Gasteiger charge is -2.25. The molecule has 0 saturated carbocycles. The van der Waals surface area contributed by atoms with Crippen molar-refractivity contribution in [1.29, 1.82) is 0 Å². The van der Waals surface area contributed by atoms with Crippen LogP contribution in [0, 0.1) is 10.1 Å². The summed E-state index contributed by atoms with van der Waals surface area (Å²) in [4.78, 5) is 10.2. The third-order valence-electron chi connectivity index (χ3n) is 3.17.